The number of nitrogens with zero attached hydrogens (tertiary/aromatic N) is 1. The second-order valence-electron chi connectivity index (χ2n) is 4.89. The van der Waals surface area contributed by atoms with Crippen molar-refractivity contribution >= 4 is 17.3 Å². The summed E-state index contributed by atoms with van der Waals surface area (Å²) in [5.41, 5.74) is 8.54. The van der Waals surface area contributed by atoms with Crippen LogP contribution in [-0.4, -0.2) is 18.6 Å². The largest absolute Gasteiger partial charge is 0.367 e. The van der Waals surface area contributed by atoms with Gasteiger partial charge in [0.2, 0.25) is 0 Å². The minimum Gasteiger partial charge on any atom is -0.367 e. The molecule has 0 amide bonds. The molecule has 0 radical (unpaired) electrons. The van der Waals surface area contributed by atoms with Crippen LogP contribution in [0.4, 0.5) is 5.69 Å². The molecule has 0 bridgehead atoms. The number of para-hydroxylation sites is 1. The summed E-state index contributed by atoms with van der Waals surface area (Å²) in [5.74, 6) is 0.399. The zero-order chi connectivity index (χ0) is 11.9. The fourth-order valence-corrected chi connectivity index (χ4v) is 2.74. The highest BCUT2D eigenvalue weighted by Crippen LogP contribution is 2.42. The van der Waals surface area contributed by atoms with Gasteiger partial charge in [0.25, 0.3) is 0 Å². The van der Waals surface area contributed by atoms with Crippen LogP contribution in [0.25, 0.3) is 0 Å². The van der Waals surface area contributed by atoms with Crippen molar-refractivity contribution < 1.29 is 0 Å². The lowest BCUT2D eigenvalue weighted by Gasteiger charge is -2.25. The molecule has 1 aromatic carbocycles. The van der Waals surface area contributed by atoms with E-state index in [2.05, 4.69) is 31.7 Å². The molecule has 2 nitrogen and oxygen atoms in total. The van der Waals surface area contributed by atoms with E-state index >= 15 is 0 Å². The third-order valence-electron chi connectivity index (χ3n) is 3.36. The Morgan fingerprint density at radius 3 is 2.62 bits per heavy atom. The maximum Gasteiger partial charge on any atom is 0.0642 e. The molecule has 3 heteroatoms. The van der Waals surface area contributed by atoms with Gasteiger partial charge < -0.3 is 10.6 Å². The molecule has 16 heavy (non-hydrogen) atoms. The third-order valence-corrected chi connectivity index (χ3v) is 3.66. The van der Waals surface area contributed by atoms with E-state index in [1.165, 1.54) is 11.3 Å². The zero-order valence-electron chi connectivity index (χ0n) is 10.1. The van der Waals surface area contributed by atoms with E-state index in [4.69, 9.17) is 17.3 Å². The molecule has 88 valence electrons. The van der Waals surface area contributed by atoms with Gasteiger partial charge in [-0.05, 0) is 32.4 Å². The second kappa shape index (κ2) is 4.27. The normalized spacial score (nSPS) is 21.4. The molecule has 2 rings (SSSR count). The number of fused-ring (bicyclic) bond motifs is 1. The van der Waals surface area contributed by atoms with Gasteiger partial charge in [0.15, 0.2) is 0 Å². The Kier molecular flexibility index (Phi) is 3.13. The molecular formula is C13H19ClN2. The maximum atomic E-state index is 6.30. The van der Waals surface area contributed by atoms with Crippen LogP contribution in [0.3, 0.4) is 0 Å². The van der Waals surface area contributed by atoms with Crippen molar-refractivity contribution in [2.45, 2.75) is 38.8 Å². The van der Waals surface area contributed by atoms with Crippen molar-refractivity contribution in [1.29, 1.82) is 0 Å². The first-order chi connectivity index (χ1) is 7.52. The van der Waals surface area contributed by atoms with Crippen LogP contribution in [0.15, 0.2) is 18.2 Å². The molecular weight excluding hydrogens is 220 g/mol. The van der Waals surface area contributed by atoms with Gasteiger partial charge >= 0.3 is 0 Å². The highest BCUT2D eigenvalue weighted by atomic mass is 35.5. The summed E-state index contributed by atoms with van der Waals surface area (Å²) in [4.78, 5) is 2.35. The molecule has 0 spiro atoms. The highest BCUT2D eigenvalue weighted by molar-refractivity contribution is 6.33. The standard InChI is InChI=1S/C13H19ClN2/c1-8(2)16-7-11(9(3)15)10-5-4-6-12(14)13(10)16/h4-6,8-9,11H,7,15H2,1-3H3. The SMILES string of the molecule is CC(N)C1CN(C(C)C)c2c(Cl)cccc21. The lowest BCUT2D eigenvalue weighted by molar-refractivity contribution is 0.565. The van der Waals surface area contributed by atoms with E-state index < -0.39 is 0 Å². The van der Waals surface area contributed by atoms with Crippen LogP contribution in [0.5, 0.6) is 0 Å². The summed E-state index contributed by atoms with van der Waals surface area (Å²) in [7, 11) is 0. The number of benzene rings is 1. The number of nitrogens with two attached hydrogens (primary N) is 1. The minimum atomic E-state index is 0.168. The number of hydrogen-bond acceptors (Lipinski definition) is 2. The first-order valence-electron chi connectivity index (χ1n) is 5.83. The molecule has 2 N–H and O–H groups in total. The predicted octanol–water partition coefficient (Wildman–Crippen LogP) is 3.00. The lowest BCUT2D eigenvalue weighted by Crippen LogP contribution is -2.33. The van der Waals surface area contributed by atoms with Gasteiger partial charge in [0.05, 0.1) is 10.7 Å². The summed E-state index contributed by atoms with van der Waals surface area (Å²) in [6.45, 7) is 7.43. The van der Waals surface area contributed by atoms with Gasteiger partial charge in [-0.3, -0.25) is 0 Å². The first kappa shape index (κ1) is 11.7. The van der Waals surface area contributed by atoms with Crippen molar-refractivity contribution in [3.05, 3.63) is 28.8 Å². The Labute approximate surface area is 102 Å². The van der Waals surface area contributed by atoms with E-state index in [0.717, 1.165) is 11.6 Å². The quantitative estimate of drug-likeness (QED) is 0.858. The number of halogens is 1. The monoisotopic (exact) mass is 238 g/mol. The van der Waals surface area contributed by atoms with Gasteiger partial charge in [-0.1, -0.05) is 23.7 Å². The minimum absolute atomic E-state index is 0.168. The van der Waals surface area contributed by atoms with Crippen molar-refractivity contribution in [2.24, 2.45) is 5.73 Å². The van der Waals surface area contributed by atoms with Gasteiger partial charge in [-0.2, -0.15) is 0 Å². The van der Waals surface area contributed by atoms with E-state index in [-0.39, 0.29) is 6.04 Å². The van der Waals surface area contributed by atoms with Gasteiger partial charge in [0.1, 0.15) is 0 Å². The van der Waals surface area contributed by atoms with Gasteiger partial charge in [-0.25, -0.2) is 0 Å². The van der Waals surface area contributed by atoms with Crippen LogP contribution in [-0.2, 0) is 0 Å². The van der Waals surface area contributed by atoms with E-state index in [9.17, 15) is 0 Å². The summed E-state index contributed by atoms with van der Waals surface area (Å²) in [5, 5.41) is 0.842. The van der Waals surface area contributed by atoms with Crippen molar-refractivity contribution in [2.75, 3.05) is 11.4 Å². The molecule has 2 atom stereocenters. The second-order valence-corrected chi connectivity index (χ2v) is 5.30. The highest BCUT2D eigenvalue weighted by Gasteiger charge is 2.33. The number of hydrogen-bond donors (Lipinski definition) is 1. The van der Waals surface area contributed by atoms with Crippen molar-refractivity contribution in [1.82, 2.24) is 0 Å². The third kappa shape index (κ3) is 1.80. The zero-order valence-corrected chi connectivity index (χ0v) is 10.8. The van der Waals surface area contributed by atoms with Gasteiger partial charge in [0, 0.05) is 24.5 Å². The van der Waals surface area contributed by atoms with Crippen LogP contribution in [0, 0.1) is 0 Å². The summed E-state index contributed by atoms with van der Waals surface area (Å²) in [6, 6.07) is 6.75. The Morgan fingerprint density at radius 1 is 1.38 bits per heavy atom. The lowest BCUT2D eigenvalue weighted by atomic mass is 9.95. The first-order valence-corrected chi connectivity index (χ1v) is 6.20. The molecule has 1 heterocycles. The smallest absolute Gasteiger partial charge is 0.0642 e. The molecule has 2 unspecified atom stereocenters. The Bertz CT molecular complexity index is 388. The molecule has 0 aliphatic carbocycles. The average molecular weight is 239 g/mol. The summed E-state index contributed by atoms with van der Waals surface area (Å²) < 4.78 is 0. The van der Waals surface area contributed by atoms with Crippen molar-refractivity contribution in [3.8, 4) is 0 Å². The molecule has 0 saturated heterocycles. The van der Waals surface area contributed by atoms with E-state index in [1.54, 1.807) is 0 Å². The Hall–Kier alpha value is -0.730. The summed E-state index contributed by atoms with van der Waals surface area (Å²) in [6.07, 6.45) is 0. The van der Waals surface area contributed by atoms with Crippen LogP contribution >= 0.6 is 11.6 Å². The maximum absolute atomic E-state index is 6.30. The fourth-order valence-electron chi connectivity index (χ4n) is 2.45. The Morgan fingerprint density at radius 2 is 2.06 bits per heavy atom. The summed E-state index contributed by atoms with van der Waals surface area (Å²) >= 11 is 6.30. The molecule has 0 aromatic heterocycles. The number of rotatable bonds is 2. The number of anilines is 1. The van der Waals surface area contributed by atoms with E-state index in [1.807, 2.05) is 12.1 Å². The van der Waals surface area contributed by atoms with Gasteiger partial charge in [-0.15, -0.1) is 0 Å². The average Bonchev–Trinajstić information content (AvgIpc) is 2.58. The predicted molar refractivity (Wildman–Crippen MR) is 70.3 cm³/mol. The van der Waals surface area contributed by atoms with Crippen LogP contribution in [0.2, 0.25) is 5.02 Å². The Balaban J connectivity index is 2.49. The van der Waals surface area contributed by atoms with Crippen LogP contribution < -0.4 is 10.6 Å². The fraction of sp³-hybridized carbons (Fsp3) is 0.538. The van der Waals surface area contributed by atoms with E-state index in [0.29, 0.717) is 12.0 Å². The molecule has 1 aromatic rings. The van der Waals surface area contributed by atoms with Crippen LogP contribution in [0.1, 0.15) is 32.3 Å². The van der Waals surface area contributed by atoms with Crippen molar-refractivity contribution in [3.63, 3.8) is 0 Å². The molecule has 1 aliphatic rings. The molecule has 0 fully saturated rings. The topological polar surface area (TPSA) is 29.3 Å². The molecule has 1 aliphatic heterocycles. The molecule has 0 saturated carbocycles.